The topological polar surface area (TPSA) is 0 Å². The van der Waals surface area contributed by atoms with Gasteiger partial charge in [0.15, 0.2) is 0 Å². The van der Waals surface area contributed by atoms with Crippen molar-refractivity contribution in [3.8, 4) is 0 Å². The van der Waals surface area contributed by atoms with Crippen molar-refractivity contribution in [2.24, 2.45) is 0 Å². The number of hydrogen-bond acceptors (Lipinski definition) is 0. The standard InChI is InChI=1S/C13H14/c1-2-6-11-8-5-9-12-7-3-4-10-13(11)12/h2-5,7-8,10-11H,1,6,9H2. The third-order valence-corrected chi connectivity index (χ3v) is 2.58. The van der Waals surface area contributed by atoms with Gasteiger partial charge in [0.2, 0.25) is 0 Å². The second kappa shape index (κ2) is 3.61. The van der Waals surface area contributed by atoms with Crippen molar-refractivity contribution < 1.29 is 0 Å². The van der Waals surface area contributed by atoms with Gasteiger partial charge in [0.25, 0.3) is 0 Å². The fourth-order valence-electron chi connectivity index (χ4n) is 1.93. The lowest BCUT2D eigenvalue weighted by Crippen LogP contribution is -2.03. The molecule has 0 bridgehead atoms. The minimum atomic E-state index is 0.558. The number of fused-ring (bicyclic) bond motifs is 1. The van der Waals surface area contributed by atoms with E-state index in [1.807, 2.05) is 6.08 Å². The molecule has 0 spiro atoms. The highest BCUT2D eigenvalue weighted by Gasteiger charge is 2.13. The van der Waals surface area contributed by atoms with E-state index in [0.29, 0.717) is 5.92 Å². The molecule has 1 aliphatic carbocycles. The molecule has 0 heterocycles. The Morgan fingerprint density at radius 2 is 2.23 bits per heavy atom. The minimum absolute atomic E-state index is 0.558. The zero-order valence-electron chi connectivity index (χ0n) is 7.74. The molecule has 0 radical (unpaired) electrons. The predicted octanol–water partition coefficient (Wildman–Crippen LogP) is 3.46. The Morgan fingerprint density at radius 1 is 1.38 bits per heavy atom. The van der Waals surface area contributed by atoms with Gasteiger partial charge in [-0.2, -0.15) is 0 Å². The van der Waals surface area contributed by atoms with Gasteiger partial charge >= 0.3 is 0 Å². The molecule has 0 fully saturated rings. The third kappa shape index (κ3) is 1.57. The van der Waals surface area contributed by atoms with Gasteiger partial charge in [-0.25, -0.2) is 0 Å². The van der Waals surface area contributed by atoms with Crippen LogP contribution in [0.1, 0.15) is 23.5 Å². The van der Waals surface area contributed by atoms with Crippen molar-refractivity contribution in [1.82, 2.24) is 0 Å². The monoisotopic (exact) mass is 170 g/mol. The lowest BCUT2D eigenvalue weighted by atomic mass is 9.86. The fourth-order valence-corrected chi connectivity index (χ4v) is 1.93. The molecule has 0 aliphatic heterocycles. The van der Waals surface area contributed by atoms with E-state index < -0.39 is 0 Å². The smallest absolute Gasteiger partial charge is 0.00553 e. The van der Waals surface area contributed by atoms with Crippen LogP contribution in [-0.4, -0.2) is 0 Å². The molecular formula is C13H14. The number of hydrogen-bond donors (Lipinski definition) is 0. The number of allylic oxidation sites excluding steroid dienone is 3. The van der Waals surface area contributed by atoms with Crippen LogP contribution >= 0.6 is 0 Å². The number of rotatable bonds is 2. The van der Waals surface area contributed by atoms with Crippen LogP contribution in [0.2, 0.25) is 0 Å². The van der Waals surface area contributed by atoms with Crippen LogP contribution in [0.5, 0.6) is 0 Å². The molecule has 66 valence electrons. The van der Waals surface area contributed by atoms with E-state index in [1.165, 1.54) is 11.1 Å². The maximum atomic E-state index is 3.79. The first-order chi connectivity index (χ1) is 6.42. The molecule has 1 aromatic carbocycles. The van der Waals surface area contributed by atoms with E-state index in [9.17, 15) is 0 Å². The molecular weight excluding hydrogens is 156 g/mol. The lowest BCUT2D eigenvalue weighted by molar-refractivity contribution is 0.828. The third-order valence-electron chi connectivity index (χ3n) is 2.58. The summed E-state index contributed by atoms with van der Waals surface area (Å²) in [5.74, 6) is 0.558. The highest BCUT2D eigenvalue weighted by molar-refractivity contribution is 5.38. The summed E-state index contributed by atoms with van der Waals surface area (Å²) in [6.45, 7) is 3.79. The summed E-state index contributed by atoms with van der Waals surface area (Å²) in [6.07, 6.45) is 8.69. The van der Waals surface area contributed by atoms with E-state index in [4.69, 9.17) is 0 Å². The summed E-state index contributed by atoms with van der Waals surface area (Å²) >= 11 is 0. The normalized spacial score (nSPS) is 19.5. The van der Waals surface area contributed by atoms with Gasteiger partial charge < -0.3 is 0 Å². The number of benzene rings is 1. The molecule has 0 aromatic heterocycles. The Bertz CT molecular complexity index is 334. The van der Waals surface area contributed by atoms with Gasteiger partial charge in [0.1, 0.15) is 0 Å². The molecule has 0 saturated heterocycles. The maximum Gasteiger partial charge on any atom is 0.00553 e. The molecule has 0 N–H and O–H groups in total. The summed E-state index contributed by atoms with van der Waals surface area (Å²) in [7, 11) is 0. The molecule has 1 aliphatic rings. The summed E-state index contributed by atoms with van der Waals surface area (Å²) in [6, 6.07) is 8.68. The van der Waals surface area contributed by atoms with Crippen LogP contribution < -0.4 is 0 Å². The van der Waals surface area contributed by atoms with Gasteiger partial charge in [-0.15, -0.1) is 6.58 Å². The second-order valence-corrected chi connectivity index (χ2v) is 3.46. The van der Waals surface area contributed by atoms with Crippen LogP contribution in [-0.2, 0) is 6.42 Å². The highest BCUT2D eigenvalue weighted by atomic mass is 14.2. The maximum absolute atomic E-state index is 3.79. The van der Waals surface area contributed by atoms with Gasteiger partial charge in [0.05, 0.1) is 0 Å². The van der Waals surface area contributed by atoms with Crippen LogP contribution in [0.3, 0.4) is 0 Å². The molecule has 2 rings (SSSR count). The van der Waals surface area contributed by atoms with E-state index in [2.05, 4.69) is 43.0 Å². The summed E-state index contributed by atoms with van der Waals surface area (Å²) in [4.78, 5) is 0. The van der Waals surface area contributed by atoms with Crippen molar-refractivity contribution in [1.29, 1.82) is 0 Å². The summed E-state index contributed by atoms with van der Waals surface area (Å²) in [5.41, 5.74) is 2.95. The Morgan fingerprint density at radius 3 is 3.08 bits per heavy atom. The second-order valence-electron chi connectivity index (χ2n) is 3.46. The molecule has 0 heteroatoms. The Kier molecular flexibility index (Phi) is 2.31. The minimum Gasteiger partial charge on any atom is -0.103 e. The Labute approximate surface area is 79.6 Å². The molecule has 0 saturated carbocycles. The van der Waals surface area contributed by atoms with Crippen LogP contribution in [0.4, 0.5) is 0 Å². The molecule has 1 unspecified atom stereocenters. The first kappa shape index (κ1) is 8.31. The van der Waals surface area contributed by atoms with Crippen molar-refractivity contribution in [2.45, 2.75) is 18.8 Å². The first-order valence-corrected chi connectivity index (χ1v) is 4.77. The fraction of sp³-hybridized carbons (Fsp3) is 0.231. The first-order valence-electron chi connectivity index (χ1n) is 4.77. The van der Waals surface area contributed by atoms with Gasteiger partial charge in [-0.1, -0.05) is 42.5 Å². The van der Waals surface area contributed by atoms with Crippen molar-refractivity contribution in [3.05, 3.63) is 60.2 Å². The summed E-state index contributed by atoms with van der Waals surface area (Å²) in [5, 5.41) is 0. The molecule has 1 atom stereocenters. The van der Waals surface area contributed by atoms with Crippen LogP contribution in [0, 0.1) is 0 Å². The zero-order valence-corrected chi connectivity index (χ0v) is 7.74. The van der Waals surface area contributed by atoms with Gasteiger partial charge in [-0.3, -0.25) is 0 Å². The van der Waals surface area contributed by atoms with Crippen molar-refractivity contribution >= 4 is 0 Å². The molecule has 13 heavy (non-hydrogen) atoms. The van der Waals surface area contributed by atoms with Crippen molar-refractivity contribution in [2.75, 3.05) is 0 Å². The van der Waals surface area contributed by atoms with Crippen LogP contribution in [0.15, 0.2) is 49.1 Å². The average Bonchev–Trinajstić information content (AvgIpc) is 2.19. The summed E-state index contributed by atoms with van der Waals surface area (Å²) < 4.78 is 0. The Balaban J connectivity index is 2.36. The van der Waals surface area contributed by atoms with E-state index in [-0.39, 0.29) is 0 Å². The van der Waals surface area contributed by atoms with Crippen molar-refractivity contribution in [3.63, 3.8) is 0 Å². The molecule has 0 nitrogen and oxygen atoms in total. The van der Waals surface area contributed by atoms with E-state index in [1.54, 1.807) is 0 Å². The predicted molar refractivity (Wildman–Crippen MR) is 56.8 cm³/mol. The zero-order chi connectivity index (χ0) is 9.10. The van der Waals surface area contributed by atoms with E-state index >= 15 is 0 Å². The van der Waals surface area contributed by atoms with E-state index in [0.717, 1.165) is 12.8 Å². The SMILES string of the molecule is C=CCC1C=CCc2ccccc21. The highest BCUT2D eigenvalue weighted by Crippen LogP contribution is 2.29. The Hall–Kier alpha value is -1.30. The lowest BCUT2D eigenvalue weighted by Gasteiger charge is -2.19. The molecule has 1 aromatic rings. The van der Waals surface area contributed by atoms with Crippen LogP contribution in [0.25, 0.3) is 0 Å². The molecule has 0 amide bonds. The average molecular weight is 170 g/mol. The van der Waals surface area contributed by atoms with Gasteiger partial charge in [0, 0.05) is 5.92 Å². The largest absolute Gasteiger partial charge is 0.103 e. The van der Waals surface area contributed by atoms with Gasteiger partial charge in [-0.05, 0) is 24.0 Å². The quantitative estimate of drug-likeness (QED) is 0.596.